The molecule has 3 aromatic rings. The lowest BCUT2D eigenvalue weighted by Gasteiger charge is -2.40. The van der Waals surface area contributed by atoms with Crippen LogP contribution in [0.3, 0.4) is 0 Å². The third-order valence-corrected chi connectivity index (χ3v) is 7.55. The van der Waals surface area contributed by atoms with Crippen LogP contribution >= 0.6 is 0 Å². The number of nitrogens with zero attached hydrogens (tertiary/aromatic N) is 2. The van der Waals surface area contributed by atoms with Gasteiger partial charge >= 0.3 is 6.09 Å². The van der Waals surface area contributed by atoms with E-state index in [4.69, 9.17) is 14.2 Å². The van der Waals surface area contributed by atoms with Gasteiger partial charge in [-0.1, -0.05) is 79.4 Å². The average Bonchev–Trinajstić information content (AvgIpc) is 3.02. The van der Waals surface area contributed by atoms with Crippen molar-refractivity contribution in [2.24, 2.45) is 0 Å². The molecule has 0 saturated carbocycles. The number of hydrogen-bond acceptors (Lipinski definition) is 7. The van der Waals surface area contributed by atoms with Crippen LogP contribution in [0.1, 0.15) is 41.1 Å². The lowest BCUT2D eigenvalue weighted by Crippen LogP contribution is -2.49. The average molecular weight is 558 g/mol. The minimum absolute atomic E-state index is 0.0105. The Bertz CT molecular complexity index is 1240. The number of nitrogens with one attached hydrogen (secondary N) is 1. The predicted octanol–water partition coefficient (Wildman–Crippen LogP) is 5.28. The number of aliphatic hydroxyl groups is 1. The highest BCUT2D eigenvalue weighted by atomic mass is 16.7. The molecule has 2 aliphatic rings. The molecule has 2 N–H and O–H groups in total. The van der Waals surface area contributed by atoms with Gasteiger partial charge in [0.25, 0.3) is 0 Å². The zero-order chi connectivity index (χ0) is 28.4. The van der Waals surface area contributed by atoms with Crippen molar-refractivity contribution in [1.29, 1.82) is 0 Å². The minimum atomic E-state index is -0.544. The van der Waals surface area contributed by atoms with Crippen LogP contribution in [0.25, 0.3) is 0 Å². The van der Waals surface area contributed by atoms with E-state index >= 15 is 0 Å². The van der Waals surface area contributed by atoms with E-state index < -0.39 is 12.4 Å². The number of ether oxygens (including phenoxy) is 3. The molecule has 2 heterocycles. The number of amides is 1. The van der Waals surface area contributed by atoms with Crippen molar-refractivity contribution in [2.75, 3.05) is 44.6 Å². The number of aliphatic hydroxyl groups excluding tert-OH is 1. The predicted molar refractivity (Wildman–Crippen MR) is 158 cm³/mol. The lowest BCUT2D eigenvalue weighted by molar-refractivity contribution is -0.253. The SMILES string of the molecule is C=CCOC(=O)Nc1ccc(C2OC(CN3CCN(Cc4ccccc4)CC3)CC(c3ccc(CO)cc3)O2)cc1. The third-order valence-electron chi connectivity index (χ3n) is 7.55. The van der Waals surface area contributed by atoms with Crippen LogP contribution < -0.4 is 5.32 Å². The van der Waals surface area contributed by atoms with Crippen molar-refractivity contribution in [3.05, 3.63) is 114 Å². The standard InChI is InChI=1S/C33H39N3O5/c1-2-20-39-33(38)34-29-14-12-28(13-15-29)32-40-30(21-31(41-32)27-10-8-26(24-37)9-11-27)23-36-18-16-35(17-19-36)22-25-6-4-3-5-7-25/h2-15,30-32,37H,1,16-24H2,(H,34,38). The van der Waals surface area contributed by atoms with Gasteiger partial charge < -0.3 is 19.3 Å². The van der Waals surface area contributed by atoms with Gasteiger partial charge in [-0.25, -0.2) is 4.79 Å². The first kappa shape index (κ1) is 29.0. The van der Waals surface area contributed by atoms with Gasteiger partial charge in [0.05, 0.1) is 18.8 Å². The van der Waals surface area contributed by atoms with Crippen LogP contribution in [0.15, 0.2) is 91.5 Å². The summed E-state index contributed by atoms with van der Waals surface area (Å²) in [6.07, 6.45) is 1.04. The lowest BCUT2D eigenvalue weighted by atomic mass is 9.99. The minimum Gasteiger partial charge on any atom is -0.445 e. The highest BCUT2D eigenvalue weighted by Crippen LogP contribution is 2.38. The van der Waals surface area contributed by atoms with Crippen LogP contribution in [0, 0.1) is 0 Å². The molecule has 2 fully saturated rings. The monoisotopic (exact) mass is 557 g/mol. The summed E-state index contributed by atoms with van der Waals surface area (Å²) in [7, 11) is 0. The number of rotatable bonds is 10. The molecule has 41 heavy (non-hydrogen) atoms. The van der Waals surface area contributed by atoms with Gasteiger partial charge in [0.2, 0.25) is 0 Å². The van der Waals surface area contributed by atoms with Crippen molar-refractivity contribution < 1.29 is 24.1 Å². The summed E-state index contributed by atoms with van der Waals surface area (Å²) >= 11 is 0. The first-order chi connectivity index (χ1) is 20.1. The second-order valence-electron chi connectivity index (χ2n) is 10.5. The van der Waals surface area contributed by atoms with Gasteiger partial charge in [-0.15, -0.1) is 0 Å². The molecule has 2 saturated heterocycles. The molecule has 216 valence electrons. The molecule has 0 radical (unpaired) electrons. The second-order valence-corrected chi connectivity index (χ2v) is 10.5. The van der Waals surface area contributed by atoms with E-state index in [1.807, 2.05) is 48.5 Å². The van der Waals surface area contributed by atoms with Crippen LogP contribution in [0.4, 0.5) is 10.5 Å². The van der Waals surface area contributed by atoms with Gasteiger partial charge in [-0.2, -0.15) is 0 Å². The topological polar surface area (TPSA) is 83.5 Å². The number of carbonyl (C=O) groups excluding carboxylic acids is 1. The van der Waals surface area contributed by atoms with E-state index in [0.717, 1.165) is 62.4 Å². The van der Waals surface area contributed by atoms with Crippen LogP contribution in [0.2, 0.25) is 0 Å². The van der Waals surface area contributed by atoms with Crippen molar-refractivity contribution in [2.45, 2.75) is 38.1 Å². The van der Waals surface area contributed by atoms with Crippen molar-refractivity contribution in [3.8, 4) is 0 Å². The Morgan fingerprint density at radius 1 is 0.902 bits per heavy atom. The van der Waals surface area contributed by atoms with Gasteiger partial charge in [0.1, 0.15) is 6.61 Å². The van der Waals surface area contributed by atoms with E-state index in [-0.39, 0.29) is 25.4 Å². The maximum Gasteiger partial charge on any atom is 0.411 e. The second kappa shape index (κ2) is 14.4. The summed E-state index contributed by atoms with van der Waals surface area (Å²) < 4.78 is 18.0. The molecule has 3 atom stereocenters. The molecule has 0 bridgehead atoms. The molecular weight excluding hydrogens is 518 g/mol. The highest BCUT2D eigenvalue weighted by Gasteiger charge is 2.33. The summed E-state index contributed by atoms with van der Waals surface area (Å²) in [5.41, 5.74) is 4.79. The van der Waals surface area contributed by atoms with E-state index in [9.17, 15) is 9.90 Å². The number of hydrogen-bond donors (Lipinski definition) is 2. The molecule has 0 aliphatic carbocycles. The molecular formula is C33H39N3O5. The maximum absolute atomic E-state index is 11.9. The van der Waals surface area contributed by atoms with Crippen LogP contribution in [-0.4, -0.2) is 66.4 Å². The van der Waals surface area contributed by atoms with Crippen molar-refractivity contribution >= 4 is 11.8 Å². The Morgan fingerprint density at radius 3 is 2.27 bits per heavy atom. The quantitative estimate of drug-likeness (QED) is 0.328. The summed E-state index contributed by atoms with van der Waals surface area (Å²) in [4.78, 5) is 16.9. The number of benzene rings is 3. The van der Waals surface area contributed by atoms with E-state index in [2.05, 4.69) is 52.0 Å². The highest BCUT2D eigenvalue weighted by molar-refractivity contribution is 5.84. The zero-order valence-electron chi connectivity index (χ0n) is 23.4. The third kappa shape index (κ3) is 8.25. The molecule has 0 aromatic heterocycles. The molecule has 8 heteroatoms. The zero-order valence-corrected chi connectivity index (χ0v) is 23.4. The first-order valence-electron chi connectivity index (χ1n) is 14.2. The van der Waals surface area contributed by atoms with E-state index in [0.29, 0.717) is 5.69 Å². The van der Waals surface area contributed by atoms with Gasteiger partial charge in [-0.3, -0.25) is 15.1 Å². The van der Waals surface area contributed by atoms with E-state index in [1.54, 1.807) is 0 Å². The van der Waals surface area contributed by atoms with Gasteiger partial charge in [0.15, 0.2) is 6.29 Å². The molecule has 2 aliphatic heterocycles. The van der Waals surface area contributed by atoms with Crippen LogP contribution in [-0.2, 0) is 27.4 Å². The Balaban J connectivity index is 1.23. The molecule has 3 aromatic carbocycles. The summed E-state index contributed by atoms with van der Waals surface area (Å²) in [6.45, 7) is 9.57. The van der Waals surface area contributed by atoms with E-state index in [1.165, 1.54) is 11.6 Å². The Labute approximate surface area is 242 Å². The smallest absolute Gasteiger partial charge is 0.411 e. The number of piperazine rings is 1. The summed E-state index contributed by atoms with van der Waals surface area (Å²) in [5, 5.41) is 12.2. The van der Waals surface area contributed by atoms with Crippen molar-refractivity contribution in [3.63, 3.8) is 0 Å². The fourth-order valence-corrected chi connectivity index (χ4v) is 5.30. The number of carbonyl (C=O) groups is 1. The van der Waals surface area contributed by atoms with Crippen LogP contribution in [0.5, 0.6) is 0 Å². The fourth-order valence-electron chi connectivity index (χ4n) is 5.30. The molecule has 8 nitrogen and oxygen atoms in total. The van der Waals surface area contributed by atoms with Crippen molar-refractivity contribution in [1.82, 2.24) is 9.80 Å². The Hall–Kier alpha value is -3.53. The summed E-state index contributed by atoms with van der Waals surface area (Å²) in [6, 6.07) is 26.0. The maximum atomic E-state index is 11.9. The summed E-state index contributed by atoms with van der Waals surface area (Å²) in [5.74, 6) is 0. The van der Waals surface area contributed by atoms with Gasteiger partial charge in [-0.05, 0) is 28.8 Å². The molecule has 0 spiro atoms. The normalized spacial score (nSPS) is 21.7. The Morgan fingerprint density at radius 2 is 1.59 bits per heavy atom. The first-order valence-corrected chi connectivity index (χ1v) is 14.2. The number of anilines is 1. The Kier molecular flexibility index (Phi) is 10.2. The molecule has 5 rings (SSSR count). The molecule has 1 amide bonds. The van der Waals surface area contributed by atoms with Gasteiger partial charge in [0, 0.05) is 56.9 Å². The molecule has 3 unspecified atom stereocenters. The largest absolute Gasteiger partial charge is 0.445 e. The fraction of sp³-hybridized carbons (Fsp3) is 0.364.